The second-order valence-electron chi connectivity index (χ2n) is 8.30. The second kappa shape index (κ2) is 11.6. The molecule has 0 heterocycles. The quantitative estimate of drug-likeness (QED) is 0.189. The summed E-state index contributed by atoms with van der Waals surface area (Å²) in [5.41, 5.74) is 4.22. The van der Waals surface area contributed by atoms with Crippen LogP contribution in [0.4, 0.5) is 0 Å². The molecule has 0 unspecified atom stereocenters. The molecular weight excluding hydrogens is 486 g/mol. The fourth-order valence-electron chi connectivity index (χ4n) is 4.92. The summed E-state index contributed by atoms with van der Waals surface area (Å²) in [5.74, 6) is 0.883. The van der Waals surface area contributed by atoms with Gasteiger partial charge in [0.15, 0.2) is 0 Å². The zero-order valence-electron chi connectivity index (χ0n) is 17.3. The minimum absolute atomic E-state index is 0. The number of benzene rings is 3. The predicted octanol–water partition coefficient (Wildman–Crippen LogP) is 8.73. The number of hydrogen-bond acceptors (Lipinski definition) is 0. The van der Waals surface area contributed by atoms with Crippen LogP contribution in [0, 0.1) is 5.92 Å². The molecule has 0 spiro atoms. The van der Waals surface area contributed by atoms with Crippen LogP contribution in [-0.4, -0.2) is 0 Å². The minimum Gasteiger partial charge on any atom is -0.164 e. The zero-order chi connectivity index (χ0) is 18.1. The van der Waals surface area contributed by atoms with Crippen LogP contribution < -0.4 is 0 Å². The Hall–Kier alpha value is -1.01. The summed E-state index contributed by atoms with van der Waals surface area (Å²) in [6, 6.07) is 27.2. The maximum absolute atomic E-state index is 2.46. The average molecular weight is 516 g/mol. The zero-order valence-corrected chi connectivity index (χ0v) is 21.4. The molecule has 0 N–H and O–H groups in total. The van der Waals surface area contributed by atoms with Crippen LogP contribution in [0.2, 0.25) is 0 Å². The monoisotopic (exact) mass is 513 g/mol. The van der Waals surface area contributed by atoms with Crippen molar-refractivity contribution >= 4 is 46.4 Å². The molecule has 3 heteroatoms. The van der Waals surface area contributed by atoms with Gasteiger partial charge in [0.05, 0.1) is 0 Å². The Kier molecular flexibility index (Phi) is 9.74. The van der Waals surface area contributed by atoms with Crippen molar-refractivity contribution in [3.05, 3.63) is 78.4 Å². The summed E-state index contributed by atoms with van der Waals surface area (Å²) < 4.78 is 0. The van der Waals surface area contributed by atoms with Gasteiger partial charge in [-0.1, -0.05) is 86.6 Å². The van der Waals surface area contributed by atoms with Crippen molar-refractivity contribution in [3.8, 4) is 11.1 Å². The standard InChI is InChI=1S/C27H27.2ClH.Zr/c1-2-4-9-20(8-3-1)16-21-17-24-12-7-13-26(27(24)18-21)25-15-14-22-10-5-6-11-23(22)19-25;;;/h5-7,10-15,17-20H,1-4,8-9,16H2;2*1H;/q-1;;;. The minimum atomic E-state index is 0. The molecule has 0 amide bonds. The van der Waals surface area contributed by atoms with Gasteiger partial charge in [0.1, 0.15) is 0 Å². The molecule has 0 radical (unpaired) electrons. The number of fused-ring (bicyclic) bond motifs is 2. The normalized spacial score (nSPS) is 14.4. The third kappa shape index (κ3) is 5.42. The Morgan fingerprint density at radius 1 is 0.733 bits per heavy atom. The Morgan fingerprint density at radius 3 is 2.23 bits per heavy atom. The third-order valence-electron chi connectivity index (χ3n) is 6.37. The van der Waals surface area contributed by atoms with E-state index in [1.165, 1.54) is 83.2 Å². The van der Waals surface area contributed by atoms with Crippen LogP contribution in [0.5, 0.6) is 0 Å². The van der Waals surface area contributed by atoms with Crippen LogP contribution in [0.15, 0.2) is 72.8 Å². The van der Waals surface area contributed by atoms with E-state index in [0.717, 1.165) is 5.92 Å². The van der Waals surface area contributed by atoms with Crippen molar-refractivity contribution in [2.45, 2.75) is 44.9 Å². The number of hydrogen-bond donors (Lipinski definition) is 0. The summed E-state index contributed by atoms with van der Waals surface area (Å²) in [7, 11) is 0. The smallest absolute Gasteiger partial charge is 0 e. The summed E-state index contributed by atoms with van der Waals surface area (Å²) in [6.45, 7) is 0. The van der Waals surface area contributed by atoms with E-state index in [0.29, 0.717) is 0 Å². The van der Waals surface area contributed by atoms with Gasteiger partial charge >= 0.3 is 0 Å². The van der Waals surface area contributed by atoms with Crippen molar-refractivity contribution in [1.82, 2.24) is 0 Å². The predicted molar refractivity (Wildman–Crippen MR) is 132 cm³/mol. The average Bonchev–Trinajstić information content (AvgIpc) is 2.94. The van der Waals surface area contributed by atoms with E-state index in [1.54, 1.807) is 0 Å². The first-order chi connectivity index (χ1) is 13.4. The van der Waals surface area contributed by atoms with E-state index in [2.05, 4.69) is 72.8 Å². The van der Waals surface area contributed by atoms with E-state index in [1.807, 2.05) is 0 Å². The fourth-order valence-corrected chi connectivity index (χ4v) is 4.92. The molecule has 1 aliphatic rings. The van der Waals surface area contributed by atoms with Gasteiger partial charge in [-0.05, 0) is 34.7 Å². The van der Waals surface area contributed by atoms with Gasteiger partial charge < -0.3 is 0 Å². The van der Waals surface area contributed by atoms with Gasteiger partial charge in [-0.25, -0.2) is 0 Å². The summed E-state index contributed by atoms with van der Waals surface area (Å²) in [4.78, 5) is 0. The van der Waals surface area contributed by atoms with Crippen LogP contribution in [-0.2, 0) is 32.6 Å². The van der Waals surface area contributed by atoms with Gasteiger partial charge in [0, 0.05) is 26.2 Å². The topological polar surface area (TPSA) is 0 Å². The van der Waals surface area contributed by atoms with E-state index in [4.69, 9.17) is 0 Å². The van der Waals surface area contributed by atoms with E-state index >= 15 is 0 Å². The molecule has 0 saturated heterocycles. The largest absolute Gasteiger partial charge is 0.164 e. The fraction of sp³-hybridized carbons (Fsp3) is 0.296. The second-order valence-corrected chi connectivity index (χ2v) is 8.30. The molecular formula is C27H29Cl2Zr-. The Bertz CT molecular complexity index is 1070. The molecule has 1 fully saturated rings. The van der Waals surface area contributed by atoms with Crippen molar-refractivity contribution in [2.75, 3.05) is 0 Å². The number of halogens is 2. The van der Waals surface area contributed by atoms with Crippen LogP contribution >= 0.6 is 24.8 Å². The van der Waals surface area contributed by atoms with E-state index < -0.39 is 0 Å². The van der Waals surface area contributed by atoms with E-state index in [-0.39, 0.29) is 51.0 Å². The Labute approximate surface area is 211 Å². The first-order valence-electron chi connectivity index (χ1n) is 10.5. The molecule has 0 atom stereocenters. The van der Waals surface area contributed by atoms with Gasteiger partial charge in [0.25, 0.3) is 0 Å². The van der Waals surface area contributed by atoms with Crippen LogP contribution in [0.3, 0.4) is 0 Å². The molecule has 0 aromatic heterocycles. The van der Waals surface area contributed by atoms with Gasteiger partial charge in [0.2, 0.25) is 0 Å². The summed E-state index contributed by atoms with van der Waals surface area (Å²) >= 11 is 0. The molecule has 5 rings (SSSR count). The molecule has 156 valence electrons. The van der Waals surface area contributed by atoms with Crippen molar-refractivity contribution in [2.24, 2.45) is 5.92 Å². The molecule has 30 heavy (non-hydrogen) atoms. The summed E-state index contributed by atoms with van der Waals surface area (Å²) in [5, 5.41) is 5.43. The van der Waals surface area contributed by atoms with Crippen LogP contribution in [0.25, 0.3) is 32.7 Å². The molecule has 4 aromatic rings. The molecule has 1 saturated carbocycles. The van der Waals surface area contributed by atoms with E-state index in [9.17, 15) is 0 Å². The van der Waals surface area contributed by atoms with Crippen molar-refractivity contribution in [3.63, 3.8) is 0 Å². The third-order valence-corrected chi connectivity index (χ3v) is 6.37. The van der Waals surface area contributed by atoms with Gasteiger partial charge in [-0.15, -0.1) is 59.3 Å². The first kappa shape index (κ1) is 25.3. The Balaban J connectivity index is 0.00000107. The summed E-state index contributed by atoms with van der Waals surface area (Å²) in [6.07, 6.45) is 9.81. The molecule has 0 bridgehead atoms. The van der Waals surface area contributed by atoms with Gasteiger partial charge in [-0.2, -0.15) is 6.07 Å². The molecule has 4 aromatic carbocycles. The maximum Gasteiger partial charge on any atom is 0 e. The van der Waals surface area contributed by atoms with Crippen LogP contribution in [0.1, 0.15) is 44.1 Å². The Morgan fingerprint density at radius 2 is 1.47 bits per heavy atom. The SMILES string of the molecule is Cl.Cl.[Zr].c1ccc2cc(-c3cccc4[cH-]c(CC5CCCCCC5)cc34)ccc2c1. The van der Waals surface area contributed by atoms with Crippen molar-refractivity contribution < 1.29 is 26.2 Å². The maximum atomic E-state index is 2.46. The number of rotatable bonds is 3. The molecule has 0 aliphatic heterocycles. The van der Waals surface area contributed by atoms with Crippen molar-refractivity contribution in [1.29, 1.82) is 0 Å². The molecule has 1 aliphatic carbocycles. The first-order valence-corrected chi connectivity index (χ1v) is 10.5. The van der Waals surface area contributed by atoms with Gasteiger partial charge in [-0.3, -0.25) is 0 Å². The molecule has 0 nitrogen and oxygen atoms in total.